The Balaban J connectivity index is 1.39. The third kappa shape index (κ3) is 4.59. The number of rotatable bonds is 5. The van der Waals surface area contributed by atoms with Crippen LogP contribution in [-0.4, -0.2) is 87.4 Å². The number of fused-ring (bicyclic) bond motifs is 1. The average molecular weight is 469 g/mol. The summed E-state index contributed by atoms with van der Waals surface area (Å²) in [5.74, 6) is 1.33. The Labute approximate surface area is 196 Å². The second kappa shape index (κ2) is 9.50. The number of nitrogens with zero attached hydrogens (tertiary/aromatic N) is 5. The SMILES string of the molecule is COc1ccc(N2CCOCC2)c2sc(NC(=O)c3ccnc(N4CCN(C)CC4)c3)nc12. The molecule has 1 amide bonds. The van der Waals surface area contributed by atoms with Crippen LogP contribution < -0.4 is 19.9 Å². The zero-order valence-corrected chi connectivity index (χ0v) is 19.7. The van der Waals surface area contributed by atoms with E-state index in [0.717, 1.165) is 61.0 Å². The van der Waals surface area contributed by atoms with E-state index >= 15 is 0 Å². The van der Waals surface area contributed by atoms with Crippen LogP contribution in [-0.2, 0) is 4.74 Å². The molecule has 2 aliphatic rings. The van der Waals surface area contributed by atoms with E-state index in [2.05, 4.69) is 38.1 Å². The molecule has 2 aromatic heterocycles. The van der Waals surface area contributed by atoms with Gasteiger partial charge in [-0.3, -0.25) is 10.1 Å². The van der Waals surface area contributed by atoms with E-state index in [-0.39, 0.29) is 5.91 Å². The number of aromatic nitrogens is 2. The van der Waals surface area contributed by atoms with E-state index in [9.17, 15) is 4.79 Å². The van der Waals surface area contributed by atoms with Crippen molar-refractivity contribution in [3.63, 3.8) is 0 Å². The van der Waals surface area contributed by atoms with Crippen LogP contribution in [0.4, 0.5) is 16.6 Å². The van der Waals surface area contributed by atoms with E-state index in [1.54, 1.807) is 19.4 Å². The van der Waals surface area contributed by atoms with Crippen molar-refractivity contribution in [2.45, 2.75) is 0 Å². The van der Waals surface area contributed by atoms with E-state index in [1.807, 2.05) is 12.1 Å². The van der Waals surface area contributed by atoms with Gasteiger partial charge in [-0.25, -0.2) is 9.97 Å². The predicted octanol–water partition coefficient (Wildman–Crippen LogP) is 2.54. The van der Waals surface area contributed by atoms with Crippen molar-refractivity contribution in [1.82, 2.24) is 14.9 Å². The minimum Gasteiger partial charge on any atom is -0.494 e. The molecule has 0 saturated carbocycles. The van der Waals surface area contributed by atoms with Crippen LogP contribution in [0.1, 0.15) is 10.4 Å². The first kappa shape index (κ1) is 21.9. The summed E-state index contributed by atoms with van der Waals surface area (Å²) in [7, 11) is 3.75. The first-order valence-electron chi connectivity index (χ1n) is 11.1. The van der Waals surface area contributed by atoms with Gasteiger partial charge in [-0.1, -0.05) is 11.3 Å². The molecule has 4 heterocycles. The summed E-state index contributed by atoms with van der Waals surface area (Å²) in [6, 6.07) is 7.58. The van der Waals surface area contributed by atoms with Crippen LogP contribution in [0.25, 0.3) is 10.2 Å². The Morgan fingerprint density at radius 3 is 2.64 bits per heavy atom. The summed E-state index contributed by atoms with van der Waals surface area (Å²) >= 11 is 1.47. The van der Waals surface area contributed by atoms with Crippen molar-refractivity contribution in [3.05, 3.63) is 36.0 Å². The largest absolute Gasteiger partial charge is 0.494 e. The summed E-state index contributed by atoms with van der Waals surface area (Å²) in [6.07, 6.45) is 1.69. The predicted molar refractivity (Wildman–Crippen MR) is 131 cm³/mol. The Bertz CT molecular complexity index is 1140. The van der Waals surface area contributed by atoms with E-state index < -0.39 is 0 Å². The highest BCUT2D eigenvalue weighted by molar-refractivity contribution is 7.23. The van der Waals surface area contributed by atoms with Crippen molar-refractivity contribution in [3.8, 4) is 5.75 Å². The molecule has 0 bridgehead atoms. The second-order valence-corrected chi connectivity index (χ2v) is 9.23. The number of nitrogens with one attached hydrogen (secondary N) is 1. The minimum atomic E-state index is -0.196. The Hall–Kier alpha value is -2.95. The molecule has 10 heteroatoms. The van der Waals surface area contributed by atoms with E-state index in [4.69, 9.17) is 14.5 Å². The van der Waals surface area contributed by atoms with Crippen LogP contribution >= 0.6 is 11.3 Å². The molecule has 2 aliphatic heterocycles. The topological polar surface area (TPSA) is 83.1 Å². The van der Waals surface area contributed by atoms with Gasteiger partial charge in [-0.05, 0) is 31.3 Å². The molecule has 0 radical (unpaired) electrons. The molecular formula is C23H28N6O3S. The molecule has 174 valence electrons. The Morgan fingerprint density at radius 1 is 1.09 bits per heavy atom. The molecule has 0 unspecified atom stereocenters. The Morgan fingerprint density at radius 2 is 1.88 bits per heavy atom. The maximum absolute atomic E-state index is 13.1. The van der Waals surface area contributed by atoms with E-state index in [0.29, 0.717) is 29.7 Å². The smallest absolute Gasteiger partial charge is 0.257 e. The molecule has 0 spiro atoms. The van der Waals surface area contributed by atoms with Gasteiger partial charge in [0, 0.05) is 51.0 Å². The second-order valence-electron chi connectivity index (χ2n) is 8.23. The highest BCUT2D eigenvalue weighted by Crippen LogP contribution is 2.39. The lowest BCUT2D eigenvalue weighted by atomic mass is 10.2. The Kier molecular flexibility index (Phi) is 6.30. The maximum atomic E-state index is 13.1. The lowest BCUT2D eigenvalue weighted by molar-refractivity contribution is 0.102. The molecule has 33 heavy (non-hydrogen) atoms. The van der Waals surface area contributed by atoms with Gasteiger partial charge in [0.25, 0.3) is 5.91 Å². The van der Waals surface area contributed by atoms with Crippen molar-refractivity contribution in [2.75, 3.05) is 81.8 Å². The lowest BCUT2D eigenvalue weighted by Gasteiger charge is -2.33. The minimum absolute atomic E-state index is 0.196. The number of amides is 1. The number of pyridine rings is 1. The van der Waals surface area contributed by atoms with Crippen molar-refractivity contribution < 1.29 is 14.3 Å². The molecule has 1 N–H and O–H groups in total. The monoisotopic (exact) mass is 468 g/mol. The number of methoxy groups -OCH3 is 1. The number of hydrogen-bond acceptors (Lipinski definition) is 9. The number of ether oxygens (including phenoxy) is 2. The van der Waals surface area contributed by atoms with Crippen LogP contribution in [0.5, 0.6) is 5.75 Å². The molecule has 1 aromatic carbocycles. The quantitative estimate of drug-likeness (QED) is 0.612. The van der Waals surface area contributed by atoms with Crippen LogP contribution in [0.3, 0.4) is 0 Å². The number of hydrogen-bond donors (Lipinski definition) is 1. The van der Waals surface area contributed by atoms with Gasteiger partial charge in [-0.15, -0.1) is 0 Å². The van der Waals surface area contributed by atoms with Gasteiger partial charge >= 0.3 is 0 Å². The molecule has 2 saturated heterocycles. The van der Waals surface area contributed by atoms with Gasteiger partial charge in [-0.2, -0.15) is 0 Å². The summed E-state index contributed by atoms with van der Waals surface area (Å²) in [5, 5.41) is 3.53. The lowest BCUT2D eigenvalue weighted by Crippen LogP contribution is -2.44. The molecule has 9 nitrogen and oxygen atoms in total. The number of piperazine rings is 1. The third-order valence-corrected chi connectivity index (χ3v) is 7.11. The van der Waals surface area contributed by atoms with Gasteiger partial charge in [0.1, 0.15) is 17.1 Å². The van der Waals surface area contributed by atoms with Crippen LogP contribution in [0, 0.1) is 0 Å². The van der Waals surface area contributed by atoms with Gasteiger partial charge in [0.15, 0.2) is 5.13 Å². The highest BCUT2D eigenvalue weighted by atomic mass is 32.1. The summed E-state index contributed by atoms with van der Waals surface area (Å²) < 4.78 is 12.0. The normalized spacial score (nSPS) is 17.4. The van der Waals surface area contributed by atoms with Gasteiger partial charge in [0.05, 0.1) is 30.7 Å². The average Bonchev–Trinajstić information content (AvgIpc) is 3.28. The summed E-state index contributed by atoms with van der Waals surface area (Å²) in [6.45, 7) is 6.82. The molecule has 5 rings (SSSR count). The van der Waals surface area contributed by atoms with Crippen molar-refractivity contribution >= 4 is 44.1 Å². The zero-order chi connectivity index (χ0) is 22.8. The zero-order valence-electron chi connectivity index (χ0n) is 18.9. The molecular weight excluding hydrogens is 440 g/mol. The first-order chi connectivity index (χ1) is 16.1. The number of thiazole rings is 1. The summed E-state index contributed by atoms with van der Waals surface area (Å²) in [4.78, 5) is 29.0. The van der Waals surface area contributed by atoms with Crippen molar-refractivity contribution in [1.29, 1.82) is 0 Å². The van der Waals surface area contributed by atoms with Gasteiger partial charge < -0.3 is 24.2 Å². The number of anilines is 3. The number of carbonyl (C=O) groups excluding carboxylic acids is 1. The number of morpholine rings is 1. The van der Waals surface area contributed by atoms with Crippen LogP contribution in [0.2, 0.25) is 0 Å². The first-order valence-corrected chi connectivity index (χ1v) is 11.9. The fourth-order valence-electron chi connectivity index (χ4n) is 4.18. The highest BCUT2D eigenvalue weighted by Gasteiger charge is 2.21. The molecule has 3 aromatic rings. The summed E-state index contributed by atoms with van der Waals surface area (Å²) in [5.41, 5.74) is 2.42. The number of likely N-dealkylation sites (N-methyl/N-ethyl adjacent to an activating group) is 1. The fraction of sp³-hybridized carbons (Fsp3) is 0.435. The number of benzene rings is 1. The van der Waals surface area contributed by atoms with Crippen LogP contribution in [0.15, 0.2) is 30.5 Å². The molecule has 0 aliphatic carbocycles. The maximum Gasteiger partial charge on any atom is 0.257 e. The molecule has 0 atom stereocenters. The molecule has 2 fully saturated rings. The fourth-order valence-corrected chi connectivity index (χ4v) is 5.20. The standard InChI is InChI=1S/C23H28N6O3S/c1-27-7-9-29(10-8-27)19-15-16(5-6-24-19)22(30)26-23-25-20-18(31-2)4-3-17(21(20)33-23)28-11-13-32-14-12-28/h3-6,15H,7-14H2,1-2H3,(H,25,26,30). The number of carbonyl (C=O) groups is 1. The third-order valence-electron chi connectivity index (χ3n) is 6.11. The van der Waals surface area contributed by atoms with E-state index in [1.165, 1.54) is 11.3 Å². The van der Waals surface area contributed by atoms with Crippen molar-refractivity contribution in [2.24, 2.45) is 0 Å². The van der Waals surface area contributed by atoms with Gasteiger partial charge in [0.2, 0.25) is 0 Å².